The lowest BCUT2D eigenvalue weighted by Crippen LogP contribution is -2.05. The van der Waals surface area contributed by atoms with E-state index in [2.05, 4.69) is 15.0 Å². The van der Waals surface area contributed by atoms with Crippen molar-refractivity contribution in [3.63, 3.8) is 0 Å². The van der Waals surface area contributed by atoms with Gasteiger partial charge in [-0.05, 0) is 18.9 Å². The summed E-state index contributed by atoms with van der Waals surface area (Å²) in [4.78, 5) is 12.7. The molecule has 0 bridgehead atoms. The van der Waals surface area contributed by atoms with Gasteiger partial charge in [0.25, 0.3) is 0 Å². The first kappa shape index (κ1) is 20.7. The lowest BCUT2D eigenvalue weighted by molar-refractivity contribution is 0.306. The minimum Gasteiger partial charge on any atom is -0.490 e. The van der Waals surface area contributed by atoms with Gasteiger partial charge in [0, 0.05) is 5.56 Å². The highest BCUT2D eigenvalue weighted by molar-refractivity contribution is 6.33. The Morgan fingerprint density at radius 2 is 1.76 bits per heavy atom. The largest absolute Gasteiger partial charge is 0.490 e. The second-order valence-electron chi connectivity index (χ2n) is 6.24. The summed E-state index contributed by atoms with van der Waals surface area (Å²) in [5.41, 5.74) is 1.31. The van der Waals surface area contributed by atoms with E-state index in [0.717, 1.165) is 5.56 Å². The van der Waals surface area contributed by atoms with Gasteiger partial charge in [-0.3, -0.25) is 0 Å². The topological polar surface area (TPSA) is 88.7 Å². The van der Waals surface area contributed by atoms with Crippen LogP contribution in [0.15, 0.2) is 29.0 Å². The molecule has 154 valence electrons. The fourth-order valence-corrected chi connectivity index (χ4v) is 3.01. The number of hydrogen-bond acceptors (Lipinski definition) is 8. The van der Waals surface area contributed by atoms with E-state index >= 15 is 0 Å². The summed E-state index contributed by atoms with van der Waals surface area (Å²) in [7, 11) is 2.98. The molecule has 0 aliphatic carbocycles. The van der Waals surface area contributed by atoms with Crippen molar-refractivity contribution in [2.45, 2.75) is 26.7 Å². The Bertz CT molecular complexity index is 954. The van der Waals surface area contributed by atoms with Crippen LogP contribution in [0.4, 0.5) is 0 Å². The minimum absolute atomic E-state index is 0.00642. The zero-order valence-corrected chi connectivity index (χ0v) is 17.6. The molecule has 0 fully saturated rings. The van der Waals surface area contributed by atoms with Crippen molar-refractivity contribution in [3.05, 3.63) is 35.2 Å². The number of benzene rings is 1. The third-order valence-electron chi connectivity index (χ3n) is 4.04. The molecule has 0 N–H and O–H groups in total. The Morgan fingerprint density at radius 3 is 2.28 bits per heavy atom. The van der Waals surface area contributed by atoms with Crippen LogP contribution in [-0.4, -0.2) is 35.8 Å². The Kier molecular flexibility index (Phi) is 6.43. The average molecular weight is 420 g/mol. The van der Waals surface area contributed by atoms with Crippen LogP contribution in [0.3, 0.4) is 0 Å². The maximum Gasteiger partial charge on any atom is 0.328 e. The van der Waals surface area contributed by atoms with Crippen molar-refractivity contribution in [1.29, 1.82) is 0 Å². The molecule has 0 amide bonds. The molecule has 0 unspecified atom stereocenters. The monoisotopic (exact) mass is 419 g/mol. The van der Waals surface area contributed by atoms with Gasteiger partial charge in [-0.2, -0.15) is 9.97 Å². The maximum atomic E-state index is 6.60. The molecule has 0 aliphatic rings. The molecule has 0 saturated heterocycles. The quantitative estimate of drug-likeness (QED) is 0.497. The molecular formula is C20H22ClN3O5. The third kappa shape index (κ3) is 4.37. The van der Waals surface area contributed by atoms with Crippen LogP contribution < -0.4 is 18.9 Å². The van der Waals surface area contributed by atoms with E-state index in [9.17, 15) is 0 Å². The van der Waals surface area contributed by atoms with Gasteiger partial charge >= 0.3 is 6.01 Å². The molecule has 2 heterocycles. The average Bonchev–Trinajstić information content (AvgIpc) is 3.23. The first-order chi connectivity index (χ1) is 14.0. The second-order valence-corrected chi connectivity index (χ2v) is 6.65. The van der Waals surface area contributed by atoms with E-state index in [1.54, 1.807) is 6.07 Å². The highest BCUT2D eigenvalue weighted by Gasteiger charge is 2.26. The van der Waals surface area contributed by atoms with Crippen LogP contribution >= 0.6 is 11.6 Å². The molecule has 0 saturated carbocycles. The van der Waals surface area contributed by atoms with E-state index in [-0.39, 0.29) is 29.6 Å². The highest BCUT2D eigenvalue weighted by Crippen LogP contribution is 2.48. The lowest BCUT2D eigenvalue weighted by atomic mass is 9.99. The third-order valence-corrected chi connectivity index (χ3v) is 4.34. The molecule has 3 aromatic rings. The van der Waals surface area contributed by atoms with Gasteiger partial charge < -0.3 is 23.4 Å². The molecule has 8 nitrogen and oxygen atoms in total. The number of aromatic nitrogens is 3. The van der Waals surface area contributed by atoms with Crippen molar-refractivity contribution in [3.8, 4) is 40.7 Å². The van der Waals surface area contributed by atoms with E-state index in [4.69, 9.17) is 35.0 Å². The van der Waals surface area contributed by atoms with Crippen molar-refractivity contribution >= 4 is 11.6 Å². The van der Waals surface area contributed by atoms with Crippen LogP contribution in [0.25, 0.3) is 11.5 Å². The summed E-state index contributed by atoms with van der Waals surface area (Å²) in [6.45, 7) is 6.38. The van der Waals surface area contributed by atoms with Gasteiger partial charge in [0.1, 0.15) is 11.8 Å². The molecule has 29 heavy (non-hydrogen) atoms. The van der Waals surface area contributed by atoms with Gasteiger partial charge in [-0.25, -0.2) is 4.98 Å². The molecule has 0 atom stereocenters. The number of ether oxygens (including phenoxy) is 4. The van der Waals surface area contributed by atoms with E-state index < -0.39 is 0 Å². The number of nitrogens with zero attached hydrogens (tertiary/aromatic N) is 3. The van der Waals surface area contributed by atoms with Gasteiger partial charge in [0.2, 0.25) is 17.7 Å². The van der Waals surface area contributed by atoms with E-state index in [1.165, 1.54) is 26.7 Å². The predicted molar refractivity (Wildman–Crippen MR) is 107 cm³/mol. The zero-order valence-electron chi connectivity index (χ0n) is 16.9. The van der Waals surface area contributed by atoms with Crippen LogP contribution in [0.1, 0.15) is 32.3 Å². The normalized spacial score (nSPS) is 10.9. The summed E-state index contributed by atoms with van der Waals surface area (Å²) in [5.74, 6) is 1.81. The SMILES string of the molecule is CCOc1c(C(C)C)cc(Cl)c(-c2ncco2)c1Oc1nc(OC)cc(OC)n1. The van der Waals surface area contributed by atoms with Crippen LogP contribution in [0.2, 0.25) is 5.02 Å². The Morgan fingerprint density at radius 1 is 1.07 bits per heavy atom. The van der Waals surface area contributed by atoms with Gasteiger partial charge in [0.05, 0.1) is 38.1 Å². The van der Waals surface area contributed by atoms with E-state index in [1.807, 2.05) is 26.8 Å². The molecule has 0 radical (unpaired) electrons. The van der Waals surface area contributed by atoms with Crippen LogP contribution in [0.5, 0.6) is 29.3 Å². The Balaban J connectivity index is 2.24. The molecule has 0 aliphatic heterocycles. The number of rotatable bonds is 8. The summed E-state index contributed by atoms with van der Waals surface area (Å²) in [6, 6.07) is 3.38. The molecule has 0 spiro atoms. The smallest absolute Gasteiger partial charge is 0.328 e. The number of oxazole rings is 1. The molecule has 2 aromatic heterocycles. The standard InChI is InChI=1S/C20H22ClN3O5/c1-6-27-17-12(11(2)3)9-13(21)16(19-22-7-8-28-19)18(17)29-20-23-14(25-4)10-15(24-20)26-5/h7-11H,6H2,1-5H3. The van der Waals surface area contributed by atoms with Gasteiger partial charge in [-0.1, -0.05) is 25.4 Å². The summed E-state index contributed by atoms with van der Waals surface area (Å²) in [6.07, 6.45) is 2.98. The summed E-state index contributed by atoms with van der Waals surface area (Å²) in [5, 5.41) is 0.407. The van der Waals surface area contributed by atoms with Crippen LogP contribution in [-0.2, 0) is 0 Å². The van der Waals surface area contributed by atoms with Crippen LogP contribution in [0, 0.1) is 0 Å². The van der Waals surface area contributed by atoms with E-state index in [0.29, 0.717) is 28.7 Å². The maximum absolute atomic E-state index is 6.60. The lowest BCUT2D eigenvalue weighted by Gasteiger charge is -2.20. The number of halogens is 1. The van der Waals surface area contributed by atoms with Crippen molar-refractivity contribution < 1.29 is 23.4 Å². The Labute approximate surface area is 173 Å². The van der Waals surface area contributed by atoms with Gasteiger partial charge in [0.15, 0.2) is 11.5 Å². The van der Waals surface area contributed by atoms with Crippen molar-refractivity contribution in [1.82, 2.24) is 15.0 Å². The minimum atomic E-state index is 0.00642. The van der Waals surface area contributed by atoms with Crippen molar-refractivity contribution in [2.24, 2.45) is 0 Å². The number of methoxy groups -OCH3 is 2. The molecule has 9 heteroatoms. The first-order valence-electron chi connectivity index (χ1n) is 9.02. The Hall–Kier alpha value is -3.00. The summed E-state index contributed by atoms with van der Waals surface area (Å²) >= 11 is 6.60. The summed E-state index contributed by atoms with van der Waals surface area (Å²) < 4.78 is 27.9. The molecule has 1 aromatic carbocycles. The first-order valence-corrected chi connectivity index (χ1v) is 9.40. The van der Waals surface area contributed by atoms with Crippen molar-refractivity contribution in [2.75, 3.05) is 20.8 Å². The fourth-order valence-electron chi connectivity index (χ4n) is 2.72. The molecular weight excluding hydrogens is 398 g/mol. The zero-order chi connectivity index (χ0) is 21.0. The predicted octanol–water partition coefficient (Wildman–Crippen LogP) is 5.12. The van der Waals surface area contributed by atoms with Gasteiger partial charge in [-0.15, -0.1) is 0 Å². The number of hydrogen-bond donors (Lipinski definition) is 0. The second kappa shape index (κ2) is 9.00. The molecule has 3 rings (SSSR count). The fraction of sp³-hybridized carbons (Fsp3) is 0.350. The highest BCUT2D eigenvalue weighted by atomic mass is 35.5.